The summed E-state index contributed by atoms with van der Waals surface area (Å²) in [7, 11) is 1.63. The van der Waals surface area contributed by atoms with Gasteiger partial charge in [-0.25, -0.2) is 14.8 Å². The van der Waals surface area contributed by atoms with Crippen LogP contribution in [0.4, 0.5) is 4.79 Å². The maximum Gasteiger partial charge on any atom is 0.318 e. The van der Waals surface area contributed by atoms with Crippen LogP contribution in [-0.4, -0.2) is 28.0 Å². The maximum absolute atomic E-state index is 12.2. The second-order valence-electron chi connectivity index (χ2n) is 4.86. The van der Waals surface area contributed by atoms with Crippen LogP contribution in [0.1, 0.15) is 16.8 Å². The number of fused-ring (bicyclic) bond motifs is 1. The van der Waals surface area contributed by atoms with Gasteiger partial charge in [-0.15, -0.1) is 0 Å². The van der Waals surface area contributed by atoms with Crippen LogP contribution < -0.4 is 10.1 Å². The lowest BCUT2D eigenvalue weighted by Crippen LogP contribution is -2.36. The van der Waals surface area contributed by atoms with Gasteiger partial charge in [-0.3, -0.25) is 0 Å². The van der Waals surface area contributed by atoms with E-state index < -0.39 is 0 Å². The minimum Gasteiger partial charge on any atom is -0.497 e. The van der Waals surface area contributed by atoms with Crippen molar-refractivity contribution in [3.63, 3.8) is 0 Å². The number of amides is 2. The number of ether oxygens (including phenoxy) is 1. The van der Waals surface area contributed by atoms with Gasteiger partial charge < -0.3 is 15.0 Å². The molecule has 6 nitrogen and oxygen atoms in total. The zero-order chi connectivity index (χ0) is 14.7. The smallest absolute Gasteiger partial charge is 0.318 e. The lowest BCUT2D eigenvalue weighted by molar-refractivity contribution is 0.197. The van der Waals surface area contributed by atoms with E-state index in [-0.39, 0.29) is 6.03 Å². The summed E-state index contributed by atoms with van der Waals surface area (Å²) in [6.45, 7) is 1.58. The molecule has 1 aliphatic rings. The Morgan fingerprint density at radius 2 is 2.14 bits per heavy atom. The molecule has 0 fully saturated rings. The molecule has 2 heterocycles. The van der Waals surface area contributed by atoms with Gasteiger partial charge in [0.25, 0.3) is 0 Å². The highest BCUT2D eigenvalue weighted by Crippen LogP contribution is 2.19. The Morgan fingerprint density at radius 3 is 2.86 bits per heavy atom. The van der Waals surface area contributed by atoms with Crippen molar-refractivity contribution in [3.05, 3.63) is 53.6 Å². The Labute approximate surface area is 122 Å². The van der Waals surface area contributed by atoms with Gasteiger partial charge in [-0.2, -0.15) is 0 Å². The van der Waals surface area contributed by atoms with E-state index >= 15 is 0 Å². The van der Waals surface area contributed by atoms with Gasteiger partial charge in [-0.05, 0) is 17.7 Å². The average molecular weight is 284 g/mol. The second kappa shape index (κ2) is 5.78. The summed E-state index contributed by atoms with van der Waals surface area (Å²) >= 11 is 0. The molecule has 21 heavy (non-hydrogen) atoms. The van der Waals surface area contributed by atoms with E-state index in [0.29, 0.717) is 19.6 Å². The molecule has 0 saturated heterocycles. The minimum absolute atomic E-state index is 0.0937. The maximum atomic E-state index is 12.2. The Kier molecular flexibility index (Phi) is 3.68. The van der Waals surface area contributed by atoms with Gasteiger partial charge in [0.1, 0.15) is 12.1 Å². The van der Waals surface area contributed by atoms with Crippen LogP contribution in [0.3, 0.4) is 0 Å². The molecule has 3 rings (SSSR count). The average Bonchev–Trinajstić information content (AvgIpc) is 2.97. The van der Waals surface area contributed by atoms with Crippen molar-refractivity contribution in [1.82, 2.24) is 20.2 Å². The molecule has 0 atom stereocenters. The molecule has 1 aliphatic heterocycles. The first-order valence-corrected chi connectivity index (χ1v) is 6.70. The fourth-order valence-corrected chi connectivity index (χ4v) is 2.28. The number of benzene rings is 1. The van der Waals surface area contributed by atoms with Crippen LogP contribution in [-0.2, 0) is 19.6 Å². The fraction of sp³-hybridized carbons (Fsp3) is 0.267. The van der Waals surface area contributed by atoms with E-state index in [4.69, 9.17) is 4.74 Å². The molecular weight excluding hydrogens is 268 g/mol. The number of hydrogen-bond donors (Lipinski definition) is 1. The summed E-state index contributed by atoms with van der Waals surface area (Å²) in [6.07, 6.45) is 3.27. The molecule has 0 spiro atoms. The number of hydrogen-bond acceptors (Lipinski definition) is 4. The molecule has 2 aromatic rings. The van der Waals surface area contributed by atoms with Gasteiger partial charge in [0.15, 0.2) is 0 Å². The molecule has 2 amide bonds. The highest BCUT2D eigenvalue weighted by Gasteiger charge is 2.24. The molecule has 0 aliphatic carbocycles. The molecule has 1 aromatic carbocycles. The largest absolute Gasteiger partial charge is 0.497 e. The van der Waals surface area contributed by atoms with Crippen LogP contribution in [0.2, 0.25) is 0 Å². The SMILES string of the molecule is COc1ccc(CNC(=O)N2Cc3cncnc3C2)cc1. The molecule has 0 bridgehead atoms. The van der Waals surface area contributed by atoms with Crippen LogP contribution in [0.15, 0.2) is 36.8 Å². The number of rotatable bonds is 3. The van der Waals surface area contributed by atoms with Crippen molar-refractivity contribution in [2.75, 3.05) is 7.11 Å². The summed E-state index contributed by atoms with van der Waals surface area (Å²) in [5.74, 6) is 0.804. The topological polar surface area (TPSA) is 67.3 Å². The third kappa shape index (κ3) is 2.94. The second-order valence-corrected chi connectivity index (χ2v) is 4.86. The highest BCUT2D eigenvalue weighted by atomic mass is 16.5. The molecule has 6 heteroatoms. The highest BCUT2D eigenvalue weighted by molar-refractivity contribution is 5.74. The number of methoxy groups -OCH3 is 1. The monoisotopic (exact) mass is 284 g/mol. The quantitative estimate of drug-likeness (QED) is 0.931. The number of urea groups is 1. The minimum atomic E-state index is -0.0937. The lowest BCUT2D eigenvalue weighted by atomic mass is 10.2. The van der Waals surface area contributed by atoms with Crippen LogP contribution in [0.5, 0.6) is 5.75 Å². The van der Waals surface area contributed by atoms with Gasteiger partial charge in [0.2, 0.25) is 0 Å². The Bertz CT molecular complexity index is 617. The van der Waals surface area contributed by atoms with Crippen LogP contribution in [0.25, 0.3) is 0 Å². The molecular formula is C15H16N4O2. The number of carbonyl (C=O) groups is 1. The van der Waals surface area contributed by atoms with E-state index in [2.05, 4.69) is 15.3 Å². The molecule has 0 radical (unpaired) electrons. The normalized spacial score (nSPS) is 12.9. The van der Waals surface area contributed by atoms with Gasteiger partial charge in [-0.1, -0.05) is 12.1 Å². The summed E-state index contributed by atoms with van der Waals surface area (Å²) in [5, 5.41) is 2.91. The summed E-state index contributed by atoms with van der Waals surface area (Å²) in [4.78, 5) is 22.0. The van der Waals surface area contributed by atoms with Crippen molar-refractivity contribution in [1.29, 1.82) is 0 Å². The zero-order valence-electron chi connectivity index (χ0n) is 11.7. The first kappa shape index (κ1) is 13.4. The van der Waals surface area contributed by atoms with E-state index in [9.17, 15) is 4.79 Å². The van der Waals surface area contributed by atoms with Crippen LogP contribution in [0, 0.1) is 0 Å². The summed E-state index contributed by atoms with van der Waals surface area (Å²) in [5.41, 5.74) is 2.96. The van der Waals surface area contributed by atoms with E-state index in [1.165, 1.54) is 6.33 Å². The number of nitrogens with one attached hydrogen (secondary N) is 1. The van der Waals surface area contributed by atoms with Gasteiger partial charge >= 0.3 is 6.03 Å². The van der Waals surface area contributed by atoms with Gasteiger partial charge in [0, 0.05) is 18.3 Å². The number of nitrogens with zero attached hydrogens (tertiary/aromatic N) is 3. The Hall–Kier alpha value is -2.63. The zero-order valence-corrected chi connectivity index (χ0v) is 11.7. The van der Waals surface area contributed by atoms with Crippen molar-refractivity contribution in [3.8, 4) is 5.75 Å². The van der Waals surface area contributed by atoms with Crippen LogP contribution >= 0.6 is 0 Å². The number of carbonyl (C=O) groups excluding carboxylic acids is 1. The summed E-state index contributed by atoms with van der Waals surface area (Å²) < 4.78 is 5.10. The molecule has 1 aromatic heterocycles. The third-order valence-electron chi connectivity index (χ3n) is 3.47. The lowest BCUT2D eigenvalue weighted by Gasteiger charge is -2.16. The molecule has 1 N–H and O–H groups in total. The van der Waals surface area contributed by atoms with Crippen molar-refractivity contribution in [2.45, 2.75) is 19.6 Å². The van der Waals surface area contributed by atoms with Crippen molar-refractivity contribution in [2.24, 2.45) is 0 Å². The van der Waals surface area contributed by atoms with E-state index in [1.807, 2.05) is 24.3 Å². The fourth-order valence-electron chi connectivity index (χ4n) is 2.28. The Morgan fingerprint density at radius 1 is 1.33 bits per heavy atom. The predicted octanol–water partition coefficient (Wildman–Crippen LogP) is 1.71. The first-order valence-electron chi connectivity index (χ1n) is 6.70. The van der Waals surface area contributed by atoms with E-state index in [1.54, 1.807) is 18.2 Å². The van der Waals surface area contributed by atoms with E-state index in [0.717, 1.165) is 22.6 Å². The standard InChI is InChI=1S/C15H16N4O2/c1-21-13-4-2-11(3-5-13)6-17-15(20)19-8-12-7-16-10-18-14(12)9-19/h2-5,7,10H,6,8-9H2,1H3,(H,17,20). The molecule has 0 saturated carbocycles. The Balaban J connectivity index is 1.55. The predicted molar refractivity (Wildman–Crippen MR) is 76.5 cm³/mol. The number of aromatic nitrogens is 2. The van der Waals surface area contributed by atoms with Crippen molar-refractivity contribution < 1.29 is 9.53 Å². The molecule has 108 valence electrons. The van der Waals surface area contributed by atoms with Crippen molar-refractivity contribution >= 4 is 6.03 Å². The van der Waals surface area contributed by atoms with Gasteiger partial charge in [0.05, 0.1) is 25.9 Å². The molecule has 0 unspecified atom stereocenters. The summed E-state index contributed by atoms with van der Waals surface area (Å²) in [6, 6.07) is 7.53. The third-order valence-corrected chi connectivity index (χ3v) is 3.47. The first-order chi connectivity index (χ1) is 10.3.